The summed E-state index contributed by atoms with van der Waals surface area (Å²) in [6.45, 7) is 4.59. The number of ether oxygens (including phenoxy) is 2. The zero-order valence-corrected chi connectivity index (χ0v) is 15.9. The molecule has 2 aromatic rings. The van der Waals surface area contributed by atoms with Crippen LogP contribution in [0.2, 0.25) is 0 Å². The Morgan fingerprint density at radius 3 is 2.50 bits per heavy atom. The van der Waals surface area contributed by atoms with Crippen LogP contribution in [0.1, 0.15) is 57.8 Å². The number of nitrogens with one attached hydrogen (secondary N) is 1. The molecule has 0 radical (unpaired) electrons. The van der Waals surface area contributed by atoms with Crippen LogP contribution in [0.15, 0.2) is 24.3 Å². The normalized spacial score (nSPS) is 13.0. The summed E-state index contributed by atoms with van der Waals surface area (Å²) in [5.41, 5.74) is 2.10. The van der Waals surface area contributed by atoms with E-state index in [0.717, 1.165) is 37.0 Å². The van der Waals surface area contributed by atoms with E-state index in [-0.39, 0.29) is 11.9 Å². The van der Waals surface area contributed by atoms with Crippen molar-refractivity contribution < 1.29 is 19.1 Å². The van der Waals surface area contributed by atoms with Crippen molar-refractivity contribution in [3.63, 3.8) is 0 Å². The van der Waals surface area contributed by atoms with Crippen LogP contribution >= 0.6 is 11.3 Å². The van der Waals surface area contributed by atoms with Gasteiger partial charge in [0.05, 0.1) is 18.8 Å². The highest BCUT2D eigenvalue weighted by Crippen LogP contribution is 2.38. The lowest BCUT2D eigenvalue weighted by Crippen LogP contribution is -2.15. The Morgan fingerprint density at radius 1 is 1.08 bits per heavy atom. The average molecular weight is 373 g/mol. The van der Waals surface area contributed by atoms with Crippen LogP contribution in [0.4, 0.5) is 5.00 Å². The molecule has 1 aromatic heterocycles. The summed E-state index contributed by atoms with van der Waals surface area (Å²) in [6, 6.07) is 6.98. The van der Waals surface area contributed by atoms with Crippen LogP contribution in [0.3, 0.4) is 0 Å². The minimum Gasteiger partial charge on any atom is -0.494 e. The third-order valence-corrected chi connectivity index (χ3v) is 5.51. The van der Waals surface area contributed by atoms with E-state index in [1.165, 1.54) is 16.2 Å². The Hall–Kier alpha value is -2.34. The highest BCUT2D eigenvalue weighted by Gasteiger charge is 2.27. The van der Waals surface area contributed by atoms with Crippen molar-refractivity contribution in [2.45, 2.75) is 39.5 Å². The summed E-state index contributed by atoms with van der Waals surface area (Å²) in [4.78, 5) is 26.3. The van der Waals surface area contributed by atoms with Gasteiger partial charge in [-0.15, -0.1) is 11.3 Å². The van der Waals surface area contributed by atoms with E-state index in [4.69, 9.17) is 9.47 Å². The van der Waals surface area contributed by atoms with Crippen LogP contribution in [0, 0.1) is 0 Å². The molecule has 1 amide bonds. The van der Waals surface area contributed by atoms with Gasteiger partial charge < -0.3 is 14.8 Å². The van der Waals surface area contributed by atoms with E-state index >= 15 is 0 Å². The largest absolute Gasteiger partial charge is 0.494 e. The highest BCUT2D eigenvalue weighted by atomic mass is 32.1. The first kappa shape index (κ1) is 18.5. The lowest BCUT2D eigenvalue weighted by atomic mass is 9.95. The van der Waals surface area contributed by atoms with Crippen molar-refractivity contribution in [2.75, 3.05) is 18.5 Å². The van der Waals surface area contributed by atoms with Gasteiger partial charge in [-0.1, -0.05) is 0 Å². The number of esters is 1. The molecule has 138 valence electrons. The Morgan fingerprint density at radius 2 is 1.81 bits per heavy atom. The third kappa shape index (κ3) is 3.90. The first-order valence-electron chi connectivity index (χ1n) is 8.99. The Kier molecular flexibility index (Phi) is 5.93. The summed E-state index contributed by atoms with van der Waals surface area (Å²) >= 11 is 1.49. The van der Waals surface area contributed by atoms with Gasteiger partial charge in [0.1, 0.15) is 10.8 Å². The van der Waals surface area contributed by atoms with Crippen molar-refractivity contribution in [3.05, 3.63) is 45.8 Å². The van der Waals surface area contributed by atoms with E-state index < -0.39 is 0 Å². The molecule has 0 saturated heterocycles. The van der Waals surface area contributed by atoms with Gasteiger partial charge in [0.2, 0.25) is 0 Å². The number of hydrogen-bond acceptors (Lipinski definition) is 5. The van der Waals surface area contributed by atoms with Gasteiger partial charge in [0, 0.05) is 10.4 Å². The average Bonchev–Trinajstić information content (AvgIpc) is 3.00. The fourth-order valence-electron chi connectivity index (χ4n) is 3.12. The molecule has 0 fully saturated rings. The molecule has 6 heteroatoms. The number of rotatable bonds is 6. The maximum atomic E-state index is 12.6. The number of amides is 1. The second-order valence-corrected chi connectivity index (χ2v) is 7.15. The van der Waals surface area contributed by atoms with Crippen LogP contribution in [-0.2, 0) is 17.6 Å². The summed E-state index contributed by atoms with van der Waals surface area (Å²) in [7, 11) is 0. The molecule has 0 saturated carbocycles. The molecule has 26 heavy (non-hydrogen) atoms. The molecule has 1 aromatic carbocycles. The molecular formula is C20H23NO4S. The predicted octanol–water partition coefficient (Wildman–Crippen LogP) is 4.45. The number of anilines is 1. The van der Waals surface area contributed by atoms with Gasteiger partial charge in [0.25, 0.3) is 5.91 Å². The van der Waals surface area contributed by atoms with E-state index in [9.17, 15) is 9.59 Å². The second kappa shape index (κ2) is 8.36. The highest BCUT2D eigenvalue weighted by molar-refractivity contribution is 7.17. The first-order valence-corrected chi connectivity index (χ1v) is 9.81. The fraction of sp³-hybridized carbons (Fsp3) is 0.400. The van der Waals surface area contributed by atoms with Gasteiger partial charge in [-0.2, -0.15) is 0 Å². The van der Waals surface area contributed by atoms with E-state index in [1.54, 1.807) is 31.2 Å². The number of carbonyl (C=O) groups is 2. The van der Waals surface area contributed by atoms with E-state index in [1.807, 2.05) is 6.92 Å². The van der Waals surface area contributed by atoms with Crippen molar-refractivity contribution >= 4 is 28.2 Å². The first-order chi connectivity index (χ1) is 12.6. The summed E-state index contributed by atoms with van der Waals surface area (Å²) in [5.74, 6) is 0.133. The van der Waals surface area contributed by atoms with Gasteiger partial charge >= 0.3 is 5.97 Å². The van der Waals surface area contributed by atoms with Crippen molar-refractivity contribution in [1.82, 2.24) is 0 Å². The summed E-state index contributed by atoms with van der Waals surface area (Å²) in [6.07, 6.45) is 3.98. The molecule has 5 nitrogen and oxygen atoms in total. The van der Waals surface area contributed by atoms with Gasteiger partial charge in [-0.3, -0.25) is 4.79 Å². The molecule has 1 aliphatic rings. The second-order valence-electron chi connectivity index (χ2n) is 6.05. The Balaban J connectivity index is 1.85. The Labute approximate surface area is 157 Å². The summed E-state index contributed by atoms with van der Waals surface area (Å²) < 4.78 is 10.6. The molecule has 1 aliphatic carbocycles. The number of fused-ring (bicyclic) bond motifs is 1. The van der Waals surface area contributed by atoms with Crippen LogP contribution in [-0.4, -0.2) is 25.1 Å². The molecule has 0 aliphatic heterocycles. The number of benzene rings is 1. The maximum Gasteiger partial charge on any atom is 0.341 e. The topological polar surface area (TPSA) is 64.6 Å². The molecule has 0 unspecified atom stereocenters. The van der Waals surface area contributed by atoms with Crippen LogP contribution < -0.4 is 10.1 Å². The quantitative estimate of drug-likeness (QED) is 0.760. The lowest BCUT2D eigenvalue weighted by molar-refractivity contribution is 0.0526. The monoisotopic (exact) mass is 373 g/mol. The molecule has 1 heterocycles. The number of thiophene rings is 1. The third-order valence-electron chi connectivity index (χ3n) is 4.31. The summed E-state index contributed by atoms with van der Waals surface area (Å²) in [5, 5.41) is 3.50. The molecule has 1 N–H and O–H groups in total. The molecule has 0 bridgehead atoms. The fourth-order valence-corrected chi connectivity index (χ4v) is 4.39. The van der Waals surface area contributed by atoms with Crippen LogP contribution in [0.25, 0.3) is 0 Å². The van der Waals surface area contributed by atoms with Gasteiger partial charge in [0.15, 0.2) is 0 Å². The molecule has 0 spiro atoms. The number of hydrogen-bond donors (Lipinski definition) is 1. The molecule has 3 rings (SSSR count). The van der Waals surface area contributed by atoms with Crippen molar-refractivity contribution in [1.29, 1.82) is 0 Å². The van der Waals surface area contributed by atoms with E-state index in [0.29, 0.717) is 29.3 Å². The number of aryl methyl sites for hydroxylation is 1. The zero-order chi connectivity index (χ0) is 18.5. The molecule has 0 atom stereocenters. The number of carbonyl (C=O) groups excluding carboxylic acids is 2. The van der Waals surface area contributed by atoms with Crippen molar-refractivity contribution in [2.24, 2.45) is 0 Å². The zero-order valence-electron chi connectivity index (χ0n) is 15.1. The lowest BCUT2D eigenvalue weighted by Gasteiger charge is -2.12. The van der Waals surface area contributed by atoms with Gasteiger partial charge in [-0.05, 0) is 69.4 Å². The van der Waals surface area contributed by atoms with Crippen LogP contribution in [0.5, 0.6) is 5.75 Å². The maximum absolute atomic E-state index is 12.6. The molecular weight excluding hydrogens is 350 g/mol. The predicted molar refractivity (Wildman–Crippen MR) is 102 cm³/mol. The Bertz CT molecular complexity index is 795. The van der Waals surface area contributed by atoms with E-state index in [2.05, 4.69) is 5.32 Å². The minimum atomic E-state index is -0.353. The smallest absolute Gasteiger partial charge is 0.341 e. The standard InChI is InChI=1S/C20H23NO4S/c1-3-24-14-11-9-13(10-12-14)18(22)21-19-17(20(23)25-4-2)15-7-5-6-8-16(15)26-19/h9-12H,3-8H2,1-2H3,(H,21,22). The van der Waals surface area contributed by atoms with Gasteiger partial charge in [-0.25, -0.2) is 4.79 Å². The minimum absolute atomic E-state index is 0.239. The SMILES string of the molecule is CCOC(=O)c1c(NC(=O)c2ccc(OCC)cc2)sc2c1CCCC2. The van der Waals surface area contributed by atoms with Crippen molar-refractivity contribution in [3.8, 4) is 5.75 Å².